The molecule has 0 aromatic carbocycles. The van der Waals surface area contributed by atoms with E-state index in [2.05, 4.69) is 19.9 Å². The molecule has 4 rings (SSSR count). The van der Waals surface area contributed by atoms with Crippen LogP contribution in [0.15, 0.2) is 11.6 Å². The Labute approximate surface area is 165 Å². The molecule has 0 saturated heterocycles. The van der Waals surface area contributed by atoms with Gasteiger partial charge >= 0.3 is 0 Å². The number of hydrogen-bond donors (Lipinski definition) is 2. The summed E-state index contributed by atoms with van der Waals surface area (Å²) in [6.45, 7) is 11.1. The normalized spacial score (nSPS) is 49.8. The molecule has 0 heterocycles. The molecule has 0 radical (unpaired) electrons. The van der Waals surface area contributed by atoms with E-state index in [9.17, 15) is 10.2 Å². The van der Waals surface area contributed by atoms with Crippen LogP contribution in [0.4, 0.5) is 0 Å². The molecule has 0 bridgehead atoms. The summed E-state index contributed by atoms with van der Waals surface area (Å²) in [4.78, 5) is 0. The number of fused-ring (bicyclic) bond motifs is 5. The van der Waals surface area contributed by atoms with Crippen LogP contribution >= 0.6 is 0 Å². The molecule has 2 N–H and O–H groups in total. The van der Waals surface area contributed by atoms with E-state index >= 15 is 0 Å². The molecule has 3 fully saturated rings. The van der Waals surface area contributed by atoms with Gasteiger partial charge in [-0.15, -0.1) is 0 Å². The van der Waals surface area contributed by atoms with Gasteiger partial charge in [0.25, 0.3) is 0 Å². The van der Waals surface area contributed by atoms with E-state index in [0.717, 1.165) is 43.4 Å². The molecule has 4 unspecified atom stereocenters. The van der Waals surface area contributed by atoms with Crippen molar-refractivity contribution in [2.75, 3.05) is 6.61 Å². The summed E-state index contributed by atoms with van der Waals surface area (Å²) in [5.41, 5.74) is 0.828. The van der Waals surface area contributed by atoms with E-state index in [1.807, 2.05) is 20.8 Å². The summed E-state index contributed by atoms with van der Waals surface area (Å²) < 4.78 is 6.28. The quantitative estimate of drug-likeness (QED) is 0.692. The first-order valence-electron chi connectivity index (χ1n) is 11.2. The van der Waals surface area contributed by atoms with Crippen molar-refractivity contribution in [1.29, 1.82) is 0 Å². The van der Waals surface area contributed by atoms with Crippen LogP contribution in [0.3, 0.4) is 0 Å². The Bertz CT molecular complexity index is 616. The highest BCUT2D eigenvalue weighted by Crippen LogP contribution is 2.65. The van der Waals surface area contributed by atoms with Gasteiger partial charge in [-0.1, -0.05) is 25.5 Å². The zero-order chi connectivity index (χ0) is 19.7. The first-order chi connectivity index (χ1) is 12.4. The van der Waals surface area contributed by atoms with Crippen molar-refractivity contribution in [1.82, 2.24) is 0 Å². The zero-order valence-electron chi connectivity index (χ0n) is 18.1. The van der Waals surface area contributed by atoms with Gasteiger partial charge in [0, 0.05) is 0 Å². The molecule has 0 aromatic rings. The second-order valence-corrected chi connectivity index (χ2v) is 11.7. The highest BCUT2D eigenvalue weighted by molar-refractivity contribution is 5.26. The van der Waals surface area contributed by atoms with Crippen LogP contribution in [-0.2, 0) is 4.74 Å². The van der Waals surface area contributed by atoms with Gasteiger partial charge in [0.2, 0.25) is 0 Å². The standard InChI is InChI=1S/C24H40O3/c1-21(2,25)15-27-20-9-8-18-17-7-6-16-14-22(3,26)12-13-23(16,4)19(17)10-11-24(18,20)5/h6,17-20,25-26H,7-15H2,1-5H3/t17?,18?,19?,20?,22-,23-,24-/m0/s1. The summed E-state index contributed by atoms with van der Waals surface area (Å²) in [6.07, 6.45) is 11.9. The summed E-state index contributed by atoms with van der Waals surface area (Å²) in [7, 11) is 0. The molecular weight excluding hydrogens is 336 g/mol. The van der Waals surface area contributed by atoms with Crippen LogP contribution in [0.25, 0.3) is 0 Å². The van der Waals surface area contributed by atoms with Crippen molar-refractivity contribution in [3.63, 3.8) is 0 Å². The van der Waals surface area contributed by atoms with Gasteiger partial charge in [0.15, 0.2) is 0 Å². The van der Waals surface area contributed by atoms with Crippen LogP contribution in [-0.4, -0.2) is 34.1 Å². The van der Waals surface area contributed by atoms with Crippen molar-refractivity contribution in [2.24, 2.45) is 28.6 Å². The molecule has 7 atom stereocenters. The van der Waals surface area contributed by atoms with Crippen molar-refractivity contribution in [2.45, 2.75) is 103 Å². The van der Waals surface area contributed by atoms with Crippen molar-refractivity contribution in [3.05, 3.63) is 11.6 Å². The lowest BCUT2D eigenvalue weighted by Crippen LogP contribution is -2.52. The third-order valence-electron chi connectivity index (χ3n) is 8.93. The first kappa shape index (κ1) is 19.9. The smallest absolute Gasteiger partial charge is 0.0824 e. The fraction of sp³-hybridized carbons (Fsp3) is 0.917. The predicted octanol–water partition coefficient (Wildman–Crippen LogP) is 4.86. The lowest BCUT2D eigenvalue weighted by atomic mass is 9.47. The Morgan fingerprint density at radius 1 is 1.07 bits per heavy atom. The van der Waals surface area contributed by atoms with Crippen LogP contribution in [0.1, 0.15) is 86.0 Å². The summed E-state index contributed by atoms with van der Waals surface area (Å²) in [5, 5.41) is 20.7. The van der Waals surface area contributed by atoms with E-state index < -0.39 is 11.2 Å². The topological polar surface area (TPSA) is 49.7 Å². The molecule has 3 saturated carbocycles. The lowest BCUT2D eigenvalue weighted by molar-refractivity contribution is -0.122. The maximum absolute atomic E-state index is 10.6. The molecule has 4 aliphatic rings. The molecule has 4 aliphatic carbocycles. The SMILES string of the molecule is CC(C)(O)COC1CCC2C3CC=C4C[C@@](C)(O)CC[C@]4(C)C3CC[C@]12C. The van der Waals surface area contributed by atoms with E-state index in [4.69, 9.17) is 4.74 Å². The second-order valence-electron chi connectivity index (χ2n) is 11.7. The van der Waals surface area contributed by atoms with Gasteiger partial charge in [-0.25, -0.2) is 0 Å². The monoisotopic (exact) mass is 376 g/mol. The second kappa shape index (κ2) is 6.31. The van der Waals surface area contributed by atoms with E-state index in [0.29, 0.717) is 18.1 Å². The van der Waals surface area contributed by atoms with Gasteiger partial charge in [-0.05, 0) is 101 Å². The van der Waals surface area contributed by atoms with Gasteiger partial charge in [0.05, 0.1) is 23.9 Å². The van der Waals surface area contributed by atoms with Gasteiger partial charge < -0.3 is 14.9 Å². The Balaban J connectivity index is 1.55. The minimum absolute atomic E-state index is 0.258. The molecule has 0 amide bonds. The van der Waals surface area contributed by atoms with Gasteiger partial charge in [0.1, 0.15) is 0 Å². The predicted molar refractivity (Wildman–Crippen MR) is 108 cm³/mol. The van der Waals surface area contributed by atoms with Gasteiger partial charge in [-0.2, -0.15) is 0 Å². The molecular formula is C24H40O3. The Hall–Kier alpha value is -0.380. The van der Waals surface area contributed by atoms with E-state index in [-0.39, 0.29) is 5.41 Å². The lowest BCUT2D eigenvalue weighted by Gasteiger charge is -2.58. The van der Waals surface area contributed by atoms with Crippen LogP contribution in [0.5, 0.6) is 0 Å². The minimum Gasteiger partial charge on any atom is -0.390 e. The number of aliphatic hydroxyl groups is 2. The first-order valence-corrected chi connectivity index (χ1v) is 11.2. The van der Waals surface area contributed by atoms with Gasteiger partial charge in [-0.3, -0.25) is 0 Å². The number of allylic oxidation sites excluding steroid dienone is 1. The largest absolute Gasteiger partial charge is 0.390 e. The summed E-state index contributed by atoms with van der Waals surface area (Å²) in [6, 6.07) is 0. The molecule has 154 valence electrons. The van der Waals surface area contributed by atoms with Crippen LogP contribution < -0.4 is 0 Å². The highest BCUT2D eigenvalue weighted by atomic mass is 16.5. The number of ether oxygens (including phenoxy) is 1. The number of rotatable bonds is 3. The highest BCUT2D eigenvalue weighted by Gasteiger charge is 2.59. The maximum Gasteiger partial charge on any atom is 0.0824 e. The molecule has 0 spiro atoms. The van der Waals surface area contributed by atoms with E-state index in [1.54, 1.807) is 0 Å². The van der Waals surface area contributed by atoms with Crippen molar-refractivity contribution >= 4 is 0 Å². The Morgan fingerprint density at radius 2 is 1.81 bits per heavy atom. The third-order valence-corrected chi connectivity index (χ3v) is 8.93. The fourth-order valence-corrected chi connectivity index (χ4v) is 7.33. The van der Waals surface area contributed by atoms with Crippen LogP contribution in [0, 0.1) is 28.6 Å². The van der Waals surface area contributed by atoms with Crippen LogP contribution in [0.2, 0.25) is 0 Å². The molecule has 3 nitrogen and oxygen atoms in total. The van der Waals surface area contributed by atoms with Crippen molar-refractivity contribution < 1.29 is 14.9 Å². The summed E-state index contributed by atoms with van der Waals surface area (Å²) in [5.74, 6) is 2.26. The molecule has 0 aliphatic heterocycles. The average Bonchev–Trinajstić information content (AvgIpc) is 2.89. The maximum atomic E-state index is 10.6. The Kier molecular flexibility index (Phi) is 4.65. The molecule has 3 heteroatoms. The fourth-order valence-electron chi connectivity index (χ4n) is 7.33. The van der Waals surface area contributed by atoms with Crippen molar-refractivity contribution in [3.8, 4) is 0 Å². The average molecular weight is 377 g/mol. The van der Waals surface area contributed by atoms with E-state index in [1.165, 1.54) is 31.3 Å². The minimum atomic E-state index is -0.749. The third kappa shape index (κ3) is 3.32. The molecule has 0 aromatic heterocycles. The molecule has 27 heavy (non-hydrogen) atoms. The summed E-state index contributed by atoms with van der Waals surface area (Å²) >= 11 is 0. The Morgan fingerprint density at radius 3 is 2.52 bits per heavy atom. The number of hydrogen-bond acceptors (Lipinski definition) is 3. The zero-order valence-corrected chi connectivity index (χ0v) is 18.1.